The van der Waals surface area contributed by atoms with Crippen molar-refractivity contribution in [1.82, 2.24) is 10.6 Å². The fourth-order valence-corrected chi connectivity index (χ4v) is 3.08. The molecule has 3 heteroatoms. The van der Waals surface area contributed by atoms with Crippen LogP contribution in [0.4, 0.5) is 0 Å². The highest BCUT2D eigenvalue weighted by Gasteiger charge is 2.28. The van der Waals surface area contributed by atoms with Gasteiger partial charge in [0.05, 0.1) is 6.04 Å². The van der Waals surface area contributed by atoms with Gasteiger partial charge in [-0.3, -0.25) is 4.79 Å². The van der Waals surface area contributed by atoms with Crippen LogP contribution in [0.15, 0.2) is 0 Å². The van der Waals surface area contributed by atoms with Gasteiger partial charge in [0.1, 0.15) is 0 Å². The number of piperidine rings is 1. The maximum atomic E-state index is 12.0. The molecule has 1 saturated carbocycles. The van der Waals surface area contributed by atoms with E-state index in [-0.39, 0.29) is 11.9 Å². The third kappa shape index (κ3) is 3.70. The molecule has 0 aromatic carbocycles. The fourth-order valence-electron chi connectivity index (χ4n) is 3.08. The fraction of sp³-hybridized carbons (Fsp3) is 0.929. The van der Waals surface area contributed by atoms with Crippen molar-refractivity contribution in [3.63, 3.8) is 0 Å². The molecule has 98 valence electrons. The van der Waals surface area contributed by atoms with E-state index >= 15 is 0 Å². The maximum absolute atomic E-state index is 12.0. The summed E-state index contributed by atoms with van der Waals surface area (Å²) >= 11 is 0. The van der Waals surface area contributed by atoms with Gasteiger partial charge in [0, 0.05) is 6.54 Å². The predicted molar refractivity (Wildman–Crippen MR) is 69.8 cm³/mol. The Bertz CT molecular complexity index is 253. The van der Waals surface area contributed by atoms with E-state index in [0.717, 1.165) is 19.5 Å². The SMILES string of the molecule is CC1(CNC(=O)[C@H]2CCCCN2)CCCCC1. The topological polar surface area (TPSA) is 41.1 Å². The first-order valence-electron chi connectivity index (χ1n) is 7.21. The Labute approximate surface area is 105 Å². The molecule has 1 aliphatic carbocycles. The average molecular weight is 238 g/mol. The molecule has 1 saturated heterocycles. The lowest BCUT2D eigenvalue weighted by Gasteiger charge is -2.34. The summed E-state index contributed by atoms with van der Waals surface area (Å²) in [4.78, 5) is 12.0. The molecule has 1 atom stereocenters. The maximum Gasteiger partial charge on any atom is 0.237 e. The minimum atomic E-state index is 0.0657. The number of rotatable bonds is 3. The average Bonchev–Trinajstić information content (AvgIpc) is 2.38. The molecule has 0 radical (unpaired) electrons. The lowest BCUT2D eigenvalue weighted by atomic mass is 9.75. The molecule has 3 nitrogen and oxygen atoms in total. The van der Waals surface area contributed by atoms with Crippen LogP contribution < -0.4 is 10.6 Å². The standard InChI is InChI=1S/C14H26N2O/c1-14(8-4-2-5-9-14)11-16-13(17)12-7-3-6-10-15-12/h12,15H,2-11H2,1H3,(H,16,17)/t12-/m1/s1. The van der Waals surface area contributed by atoms with Crippen molar-refractivity contribution in [3.8, 4) is 0 Å². The van der Waals surface area contributed by atoms with Crippen LogP contribution in [0.5, 0.6) is 0 Å². The predicted octanol–water partition coefficient (Wildman–Crippen LogP) is 2.22. The number of carbonyl (C=O) groups excluding carboxylic acids is 1. The molecule has 0 aromatic rings. The summed E-state index contributed by atoms with van der Waals surface area (Å²) in [5, 5.41) is 6.47. The van der Waals surface area contributed by atoms with E-state index in [1.54, 1.807) is 0 Å². The zero-order valence-corrected chi connectivity index (χ0v) is 11.1. The van der Waals surface area contributed by atoms with E-state index < -0.39 is 0 Å². The molecule has 17 heavy (non-hydrogen) atoms. The Hall–Kier alpha value is -0.570. The summed E-state index contributed by atoms with van der Waals surface area (Å²) < 4.78 is 0. The molecule has 0 bridgehead atoms. The van der Waals surface area contributed by atoms with Crippen molar-refractivity contribution in [3.05, 3.63) is 0 Å². The number of nitrogens with one attached hydrogen (secondary N) is 2. The minimum absolute atomic E-state index is 0.0657. The quantitative estimate of drug-likeness (QED) is 0.791. The Morgan fingerprint density at radius 3 is 2.65 bits per heavy atom. The highest BCUT2D eigenvalue weighted by atomic mass is 16.2. The van der Waals surface area contributed by atoms with E-state index in [1.165, 1.54) is 44.9 Å². The molecule has 2 aliphatic rings. The first-order chi connectivity index (χ1) is 8.20. The smallest absolute Gasteiger partial charge is 0.237 e. The third-order valence-corrected chi connectivity index (χ3v) is 4.38. The molecular formula is C14H26N2O. The van der Waals surface area contributed by atoms with Crippen LogP contribution in [0.3, 0.4) is 0 Å². The molecule has 2 fully saturated rings. The summed E-state index contributed by atoms with van der Waals surface area (Å²) in [6, 6.07) is 0.0657. The van der Waals surface area contributed by atoms with Gasteiger partial charge in [-0.15, -0.1) is 0 Å². The highest BCUT2D eigenvalue weighted by molar-refractivity contribution is 5.81. The van der Waals surface area contributed by atoms with Crippen molar-refractivity contribution in [2.24, 2.45) is 5.41 Å². The van der Waals surface area contributed by atoms with Gasteiger partial charge in [0.25, 0.3) is 0 Å². The zero-order valence-electron chi connectivity index (χ0n) is 11.1. The first-order valence-corrected chi connectivity index (χ1v) is 7.21. The summed E-state index contributed by atoms with van der Waals surface area (Å²) in [6.07, 6.45) is 9.96. The van der Waals surface area contributed by atoms with Crippen LogP contribution in [0.25, 0.3) is 0 Å². The van der Waals surface area contributed by atoms with Crippen molar-refractivity contribution in [2.75, 3.05) is 13.1 Å². The van der Waals surface area contributed by atoms with E-state index in [9.17, 15) is 4.79 Å². The van der Waals surface area contributed by atoms with E-state index in [0.29, 0.717) is 5.41 Å². The van der Waals surface area contributed by atoms with Crippen LogP contribution in [0, 0.1) is 5.41 Å². The summed E-state index contributed by atoms with van der Waals surface area (Å²) in [5.74, 6) is 0.219. The molecule has 1 amide bonds. The van der Waals surface area contributed by atoms with Gasteiger partial charge < -0.3 is 10.6 Å². The lowest BCUT2D eigenvalue weighted by molar-refractivity contribution is -0.124. The monoisotopic (exact) mass is 238 g/mol. The number of hydrogen-bond donors (Lipinski definition) is 2. The van der Waals surface area contributed by atoms with E-state index in [4.69, 9.17) is 0 Å². The molecular weight excluding hydrogens is 212 g/mol. The lowest BCUT2D eigenvalue weighted by Crippen LogP contribution is -2.49. The Morgan fingerprint density at radius 2 is 2.00 bits per heavy atom. The van der Waals surface area contributed by atoms with Gasteiger partial charge in [-0.1, -0.05) is 32.6 Å². The summed E-state index contributed by atoms with van der Waals surface area (Å²) in [5.41, 5.74) is 0.350. The Balaban J connectivity index is 1.74. The Morgan fingerprint density at radius 1 is 1.24 bits per heavy atom. The second-order valence-corrected chi connectivity index (χ2v) is 6.09. The number of hydrogen-bond acceptors (Lipinski definition) is 2. The third-order valence-electron chi connectivity index (χ3n) is 4.38. The van der Waals surface area contributed by atoms with Gasteiger partial charge in [-0.2, -0.15) is 0 Å². The first kappa shape index (κ1) is 12.9. The van der Waals surface area contributed by atoms with Gasteiger partial charge in [-0.25, -0.2) is 0 Å². The zero-order chi connectivity index (χ0) is 12.1. The molecule has 1 heterocycles. The summed E-state index contributed by atoms with van der Waals surface area (Å²) in [6.45, 7) is 4.18. The normalized spacial score (nSPS) is 28.6. The van der Waals surface area contributed by atoms with Gasteiger partial charge in [0.2, 0.25) is 5.91 Å². The van der Waals surface area contributed by atoms with Crippen LogP contribution >= 0.6 is 0 Å². The largest absolute Gasteiger partial charge is 0.354 e. The van der Waals surface area contributed by atoms with Gasteiger partial charge >= 0.3 is 0 Å². The number of amides is 1. The van der Waals surface area contributed by atoms with Crippen molar-refractivity contribution in [2.45, 2.75) is 64.3 Å². The van der Waals surface area contributed by atoms with Crippen LogP contribution in [-0.2, 0) is 4.79 Å². The molecule has 0 aromatic heterocycles. The van der Waals surface area contributed by atoms with Crippen LogP contribution in [-0.4, -0.2) is 25.0 Å². The van der Waals surface area contributed by atoms with Crippen molar-refractivity contribution >= 4 is 5.91 Å². The molecule has 2 N–H and O–H groups in total. The van der Waals surface area contributed by atoms with Crippen LogP contribution in [0.2, 0.25) is 0 Å². The second-order valence-electron chi connectivity index (χ2n) is 6.09. The molecule has 1 aliphatic heterocycles. The van der Waals surface area contributed by atoms with E-state index in [1.807, 2.05) is 0 Å². The Kier molecular flexibility index (Phi) is 4.43. The molecule has 0 spiro atoms. The minimum Gasteiger partial charge on any atom is -0.354 e. The van der Waals surface area contributed by atoms with E-state index in [2.05, 4.69) is 17.6 Å². The molecule has 0 unspecified atom stereocenters. The van der Waals surface area contributed by atoms with Crippen LogP contribution in [0.1, 0.15) is 58.3 Å². The molecule has 2 rings (SSSR count). The van der Waals surface area contributed by atoms with Gasteiger partial charge in [0.15, 0.2) is 0 Å². The number of carbonyl (C=O) groups is 1. The summed E-state index contributed by atoms with van der Waals surface area (Å²) in [7, 11) is 0. The van der Waals surface area contributed by atoms with Crippen molar-refractivity contribution in [1.29, 1.82) is 0 Å². The highest BCUT2D eigenvalue weighted by Crippen LogP contribution is 2.34. The second kappa shape index (κ2) is 5.85. The van der Waals surface area contributed by atoms with Crippen molar-refractivity contribution < 1.29 is 4.79 Å². The van der Waals surface area contributed by atoms with Gasteiger partial charge in [-0.05, 0) is 37.6 Å².